The van der Waals surface area contributed by atoms with Gasteiger partial charge in [-0.25, -0.2) is 9.37 Å². The molecule has 0 radical (unpaired) electrons. The van der Waals surface area contributed by atoms with Gasteiger partial charge in [0.15, 0.2) is 0 Å². The second-order valence-corrected chi connectivity index (χ2v) is 5.08. The van der Waals surface area contributed by atoms with E-state index in [4.69, 9.17) is 11.6 Å². The number of aromatic nitrogens is 1. The summed E-state index contributed by atoms with van der Waals surface area (Å²) in [6.07, 6.45) is -0.537. The number of thiazole rings is 1. The van der Waals surface area contributed by atoms with Gasteiger partial charge in [0.05, 0.1) is 22.2 Å². The molecule has 5 heteroatoms. The summed E-state index contributed by atoms with van der Waals surface area (Å²) in [4.78, 5) is 4.83. The molecule has 0 fully saturated rings. The van der Waals surface area contributed by atoms with Gasteiger partial charge in [0.1, 0.15) is 5.82 Å². The van der Waals surface area contributed by atoms with E-state index in [-0.39, 0.29) is 12.2 Å². The average Bonchev–Trinajstić information content (AvgIpc) is 2.70. The van der Waals surface area contributed by atoms with E-state index in [1.54, 1.807) is 5.51 Å². The monoisotopic (exact) mass is 271 g/mol. The fraction of sp³-hybridized carbons (Fsp3) is 0.250. The first-order chi connectivity index (χ1) is 8.08. The van der Waals surface area contributed by atoms with Gasteiger partial charge in [0.2, 0.25) is 0 Å². The first kappa shape index (κ1) is 12.5. The van der Waals surface area contributed by atoms with Crippen molar-refractivity contribution in [2.24, 2.45) is 0 Å². The Balaban J connectivity index is 2.21. The SMILES string of the molecule is Cc1ncsc1C(O)Cc1cc(Cl)ccc1F. The first-order valence-electron chi connectivity index (χ1n) is 5.10. The van der Waals surface area contributed by atoms with E-state index in [1.165, 1.54) is 29.5 Å². The third-order valence-electron chi connectivity index (χ3n) is 2.51. The molecule has 1 heterocycles. The highest BCUT2D eigenvalue weighted by Crippen LogP contribution is 2.26. The number of aliphatic hydroxyl groups is 1. The van der Waals surface area contributed by atoms with Gasteiger partial charge >= 0.3 is 0 Å². The highest BCUT2D eigenvalue weighted by Gasteiger charge is 2.15. The number of hydrogen-bond donors (Lipinski definition) is 1. The van der Waals surface area contributed by atoms with Gasteiger partial charge in [0.25, 0.3) is 0 Å². The predicted molar refractivity (Wildman–Crippen MR) is 66.9 cm³/mol. The molecule has 1 N–H and O–H groups in total. The molecule has 1 unspecified atom stereocenters. The normalized spacial score (nSPS) is 12.7. The largest absolute Gasteiger partial charge is 0.387 e. The van der Waals surface area contributed by atoms with Crippen molar-refractivity contribution in [3.63, 3.8) is 0 Å². The average molecular weight is 272 g/mol. The van der Waals surface area contributed by atoms with Crippen LogP contribution in [0.15, 0.2) is 23.7 Å². The lowest BCUT2D eigenvalue weighted by molar-refractivity contribution is 0.180. The van der Waals surface area contributed by atoms with Crippen LogP contribution < -0.4 is 0 Å². The Morgan fingerprint density at radius 1 is 1.53 bits per heavy atom. The van der Waals surface area contributed by atoms with Crippen LogP contribution in [0.3, 0.4) is 0 Å². The van der Waals surface area contributed by atoms with Gasteiger partial charge < -0.3 is 5.11 Å². The van der Waals surface area contributed by atoms with E-state index in [9.17, 15) is 9.50 Å². The maximum atomic E-state index is 13.5. The maximum Gasteiger partial charge on any atom is 0.126 e. The Hall–Kier alpha value is -0.970. The molecule has 0 aliphatic rings. The van der Waals surface area contributed by atoms with Crippen LogP contribution >= 0.6 is 22.9 Å². The van der Waals surface area contributed by atoms with Crippen molar-refractivity contribution in [3.8, 4) is 0 Å². The topological polar surface area (TPSA) is 33.1 Å². The molecule has 0 saturated heterocycles. The summed E-state index contributed by atoms with van der Waals surface area (Å²) in [6, 6.07) is 4.34. The smallest absolute Gasteiger partial charge is 0.126 e. The number of aliphatic hydroxyl groups excluding tert-OH is 1. The third-order valence-corrected chi connectivity index (χ3v) is 3.77. The van der Waals surface area contributed by atoms with Crippen molar-refractivity contribution in [1.82, 2.24) is 4.98 Å². The molecule has 2 aromatic rings. The molecular formula is C12H11ClFNOS. The molecule has 90 valence electrons. The van der Waals surface area contributed by atoms with Crippen molar-refractivity contribution in [3.05, 3.63) is 50.7 Å². The van der Waals surface area contributed by atoms with Gasteiger partial charge in [0, 0.05) is 11.4 Å². The number of halogens is 2. The van der Waals surface area contributed by atoms with E-state index >= 15 is 0 Å². The molecule has 0 aliphatic heterocycles. The molecule has 0 bridgehead atoms. The van der Waals surface area contributed by atoms with Crippen LogP contribution in [0.1, 0.15) is 22.2 Å². The number of benzene rings is 1. The minimum Gasteiger partial charge on any atom is -0.387 e. The van der Waals surface area contributed by atoms with E-state index in [1.807, 2.05) is 6.92 Å². The van der Waals surface area contributed by atoms with Crippen molar-refractivity contribution < 1.29 is 9.50 Å². The summed E-state index contributed by atoms with van der Waals surface area (Å²) in [6.45, 7) is 1.82. The van der Waals surface area contributed by atoms with Crippen LogP contribution in [0.25, 0.3) is 0 Å². The summed E-state index contributed by atoms with van der Waals surface area (Å²) >= 11 is 7.17. The summed E-state index contributed by atoms with van der Waals surface area (Å²) in [5.74, 6) is -0.351. The fourth-order valence-corrected chi connectivity index (χ4v) is 2.61. The molecule has 1 atom stereocenters. The zero-order valence-electron chi connectivity index (χ0n) is 9.15. The Bertz CT molecular complexity index is 529. The lowest BCUT2D eigenvalue weighted by atomic mass is 10.1. The van der Waals surface area contributed by atoms with Crippen LogP contribution in [0.2, 0.25) is 5.02 Å². The van der Waals surface area contributed by atoms with Gasteiger partial charge in [-0.05, 0) is 30.7 Å². The van der Waals surface area contributed by atoms with Crippen LogP contribution in [0.5, 0.6) is 0 Å². The lowest BCUT2D eigenvalue weighted by Crippen LogP contribution is -2.03. The third kappa shape index (κ3) is 2.83. The standard InChI is InChI=1S/C12H11ClFNOS/c1-7-12(17-6-15-7)11(16)5-8-4-9(13)2-3-10(8)14/h2-4,6,11,16H,5H2,1H3. The molecule has 17 heavy (non-hydrogen) atoms. The molecule has 2 nitrogen and oxygen atoms in total. The van der Waals surface area contributed by atoms with Crippen molar-refractivity contribution in [1.29, 1.82) is 0 Å². The maximum absolute atomic E-state index is 13.5. The fourth-order valence-electron chi connectivity index (χ4n) is 1.63. The quantitative estimate of drug-likeness (QED) is 0.927. The van der Waals surface area contributed by atoms with Crippen molar-refractivity contribution in [2.45, 2.75) is 19.4 Å². The minimum absolute atomic E-state index is 0.204. The van der Waals surface area contributed by atoms with Gasteiger partial charge in [-0.1, -0.05) is 11.6 Å². The van der Waals surface area contributed by atoms with E-state index in [2.05, 4.69) is 4.98 Å². The Morgan fingerprint density at radius 2 is 2.29 bits per heavy atom. The minimum atomic E-state index is -0.740. The second-order valence-electron chi connectivity index (χ2n) is 3.76. The van der Waals surface area contributed by atoms with Crippen LogP contribution in [0, 0.1) is 12.7 Å². The van der Waals surface area contributed by atoms with E-state index in [0.29, 0.717) is 10.6 Å². The molecule has 0 spiro atoms. The molecule has 1 aromatic heterocycles. The first-order valence-corrected chi connectivity index (χ1v) is 6.35. The van der Waals surface area contributed by atoms with E-state index in [0.717, 1.165) is 10.6 Å². The van der Waals surface area contributed by atoms with Crippen molar-refractivity contribution >= 4 is 22.9 Å². The molecule has 2 rings (SSSR count). The summed E-state index contributed by atoms with van der Waals surface area (Å²) in [5, 5.41) is 10.5. The Labute approximate surface area is 108 Å². The van der Waals surface area contributed by atoms with Gasteiger partial charge in [-0.15, -0.1) is 11.3 Å². The van der Waals surface area contributed by atoms with E-state index < -0.39 is 6.10 Å². The summed E-state index contributed by atoms with van der Waals surface area (Å²) in [7, 11) is 0. The summed E-state index contributed by atoms with van der Waals surface area (Å²) in [5.41, 5.74) is 2.87. The number of aryl methyl sites for hydroxylation is 1. The number of hydrogen-bond acceptors (Lipinski definition) is 3. The molecule has 0 saturated carbocycles. The summed E-state index contributed by atoms with van der Waals surface area (Å²) < 4.78 is 13.5. The molecule has 1 aromatic carbocycles. The highest BCUT2D eigenvalue weighted by atomic mass is 35.5. The van der Waals surface area contributed by atoms with Crippen LogP contribution in [-0.4, -0.2) is 10.1 Å². The molecular weight excluding hydrogens is 261 g/mol. The van der Waals surface area contributed by atoms with Crippen LogP contribution in [0.4, 0.5) is 4.39 Å². The zero-order chi connectivity index (χ0) is 12.4. The second kappa shape index (κ2) is 5.12. The zero-order valence-corrected chi connectivity index (χ0v) is 10.7. The van der Waals surface area contributed by atoms with Crippen molar-refractivity contribution in [2.75, 3.05) is 0 Å². The van der Waals surface area contributed by atoms with Crippen LogP contribution in [-0.2, 0) is 6.42 Å². The highest BCUT2D eigenvalue weighted by molar-refractivity contribution is 7.09. The Morgan fingerprint density at radius 3 is 2.94 bits per heavy atom. The molecule has 0 aliphatic carbocycles. The molecule has 0 amide bonds. The lowest BCUT2D eigenvalue weighted by Gasteiger charge is -2.10. The number of nitrogens with zero attached hydrogens (tertiary/aromatic N) is 1. The van der Waals surface area contributed by atoms with Gasteiger partial charge in [-0.2, -0.15) is 0 Å². The number of rotatable bonds is 3. The predicted octanol–water partition coefficient (Wildman–Crippen LogP) is 3.52. The Kier molecular flexibility index (Phi) is 3.76. The van der Waals surface area contributed by atoms with Gasteiger partial charge in [-0.3, -0.25) is 0 Å².